The zero-order valence-electron chi connectivity index (χ0n) is 40.0. The quantitative estimate of drug-likeness (QED) is 0.0405. The average molecular weight is 1040 g/mol. The Hall–Kier alpha value is -2.92. The maximum absolute atomic E-state index is 15.2. The fourth-order valence-electron chi connectivity index (χ4n) is 9.82. The van der Waals surface area contributed by atoms with Crippen LogP contribution in [0.3, 0.4) is 0 Å². The molecule has 0 saturated heterocycles. The smallest absolute Gasteiger partial charge is 0.361 e. The molecule has 0 aliphatic heterocycles. The number of hydrogen-bond acceptors (Lipinski definition) is 5. The molecule has 4 aromatic carbocycles. The third-order valence-electron chi connectivity index (χ3n) is 13.4. The molecule has 2 aliphatic carbocycles. The Bertz CT molecular complexity index is 2160. The van der Waals surface area contributed by atoms with Gasteiger partial charge in [0.15, 0.2) is 23.1 Å². The van der Waals surface area contributed by atoms with Crippen LogP contribution in [0.5, 0.6) is 23.0 Å². The van der Waals surface area contributed by atoms with Crippen molar-refractivity contribution in [2.75, 3.05) is 13.2 Å². The van der Waals surface area contributed by atoms with Gasteiger partial charge in [0.2, 0.25) is 11.6 Å². The van der Waals surface area contributed by atoms with Crippen LogP contribution in [0.25, 0.3) is 0 Å². The van der Waals surface area contributed by atoms with Crippen molar-refractivity contribution in [3.8, 4) is 23.0 Å². The van der Waals surface area contributed by atoms with E-state index in [0.717, 1.165) is 72.0 Å². The van der Waals surface area contributed by atoms with Gasteiger partial charge in [0, 0.05) is 3.57 Å². The molecule has 0 spiro atoms. The lowest BCUT2D eigenvalue weighted by atomic mass is 9.77. The van der Waals surface area contributed by atoms with Crippen LogP contribution in [0.1, 0.15) is 176 Å². The van der Waals surface area contributed by atoms with E-state index in [1.165, 1.54) is 57.4 Å². The third kappa shape index (κ3) is 14.1. The largest absolute Gasteiger partial charge is 0.454 e. The standard InChI is InChI=1S/C29H41F2O4P.C25H31F2IO/c1-6-9-10-11-22-12-14-23(15-13-22)25-16-17-26(28(31)27(25)30)35-29-20(4)18-24(19-21(29)5)36(32,33-7-2)34-8-3;1-4-5-6-7-18-8-10-19(11-9-18)21-12-13-22(24(27)23(21)26)29-25-16(2)14-20(28)15-17(25)3/h16-19,22-23H,6-15H2,1-5H3;12-15,18-19H,4-11H2,1-3H3. The highest BCUT2D eigenvalue weighted by Gasteiger charge is 2.31. The van der Waals surface area contributed by atoms with E-state index >= 15 is 8.78 Å². The van der Waals surface area contributed by atoms with Gasteiger partial charge < -0.3 is 18.5 Å². The van der Waals surface area contributed by atoms with Gasteiger partial charge in [-0.2, -0.15) is 8.78 Å². The molecule has 0 atom stereocenters. The molecule has 5 nitrogen and oxygen atoms in total. The first-order chi connectivity index (χ1) is 31.1. The molecule has 2 aliphatic rings. The highest BCUT2D eigenvalue weighted by molar-refractivity contribution is 14.1. The van der Waals surface area contributed by atoms with Crippen molar-refractivity contribution >= 4 is 35.5 Å². The summed E-state index contributed by atoms with van der Waals surface area (Å²) in [5.41, 5.74) is 4.06. The van der Waals surface area contributed by atoms with Crippen LogP contribution in [0, 0.1) is 66.4 Å². The zero-order chi connectivity index (χ0) is 47.3. The van der Waals surface area contributed by atoms with Gasteiger partial charge >= 0.3 is 7.60 Å². The molecule has 0 amide bonds. The minimum absolute atomic E-state index is 0.0353. The predicted molar refractivity (Wildman–Crippen MR) is 266 cm³/mol. The maximum Gasteiger partial charge on any atom is 0.361 e. The summed E-state index contributed by atoms with van der Waals surface area (Å²) in [6.45, 7) is 15.8. The topological polar surface area (TPSA) is 54.0 Å². The van der Waals surface area contributed by atoms with E-state index < -0.39 is 30.9 Å². The van der Waals surface area contributed by atoms with Gasteiger partial charge in [-0.1, -0.05) is 77.3 Å². The number of ether oxygens (including phenoxy) is 2. The molecule has 2 saturated carbocycles. The average Bonchev–Trinajstić information content (AvgIpc) is 3.27. The minimum atomic E-state index is -3.47. The van der Waals surface area contributed by atoms with Crippen molar-refractivity contribution in [3.05, 3.63) is 109 Å². The number of unbranched alkanes of at least 4 members (excludes halogenated alkanes) is 4. The van der Waals surface area contributed by atoms with Crippen LogP contribution in [0.15, 0.2) is 48.5 Å². The van der Waals surface area contributed by atoms with Gasteiger partial charge in [0.1, 0.15) is 11.5 Å². The van der Waals surface area contributed by atoms with Crippen molar-refractivity contribution in [2.24, 2.45) is 11.8 Å². The molecular weight excluding hydrogens is 962 g/mol. The van der Waals surface area contributed by atoms with Crippen LogP contribution in [-0.2, 0) is 13.6 Å². The number of hydrogen-bond donors (Lipinski definition) is 0. The summed E-state index contributed by atoms with van der Waals surface area (Å²) in [6, 6.07) is 13.8. The van der Waals surface area contributed by atoms with Gasteiger partial charge in [-0.25, -0.2) is 8.78 Å². The zero-order valence-corrected chi connectivity index (χ0v) is 43.1. The van der Waals surface area contributed by atoms with Gasteiger partial charge in [-0.3, -0.25) is 4.57 Å². The number of rotatable bonds is 19. The fourth-order valence-corrected chi connectivity index (χ4v) is 12.5. The predicted octanol–water partition coefficient (Wildman–Crippen LogP) is 18.0. The second kappa shape index (κ2) is 25.4. The number of halogens is 5. The van der Waals surface area contributed by atoms with Gasteiger partial charge in [0.05, 0.1) is 18.5 Å². The summed E-state index contributed by atoms with van der Waals surface area (Å²) < 4.78 is 96.8. The Morgan fingerprint density at radius 1 is 0.538 bits per heavy atom. The molecule has 0 N–H and O–H groups in total. The first-order valence-electron chi connectivity index (χ1n) is 24.2. The SMILES string of the molecule is CCCCCC1CCC(c2ccc(Oc3c(C)cc(I)cc3C)c(F)c2F)CC1.CCCCCC1CCC(c2ccc(Oc3c(C)cc(P(=O)(OCC)OCC)cc3C)c(F)c2F)CC1. The van der Waals surface area contributed by atoms with Crippen LogP contribution in [0.4, 0.5) is 17.6 Å². The van der Waals surface area contributed by atoms with E-state index in [1.54, 1.807) is 58.0 Å². The molecule has 0 bridgehead atoms. The van der Waals surface area contributed by atoms with E-state index in [-0.39, 0.29) is 36.5 Å². The number of aryl methyl sites for hydroxylation is 4. The first-order valence-corrected chi connectivity index (χ1v) is 26.9. The third-order valence-corrected chi connectivity index (χ3v) is 16.1. The van der Waals surface area contributed by atoms with Crippen molar-refractivity contribution in [1.29, 1.82) is 0 Å². The van der Waals surface area contributed by atoms with Gasteiger partial charge in [0.25, 0.3) is 0 Å². The lowest BCUT2D eigenvalue weighted by Crippen LogP contribution is -2.15. The Morgan fingerprint density at radius 3 is 1.26 bits per heavy atom. The van der Waals surface area contributed by atoms with E-state index in [2.05, 4.69) is 36.4 Å². The molecule has 65 heavy (non-hydrogen) atoms. The van der Waals surface area contributed by atoms with Gasteiger partial charge in [-0.15, -0.1) is 0 Å². The van der Waals surface area contributed by atoms with E-state index in [1.807, 2.05) is 26.0 Å². The molecular formula is C54H72F4IO5P. The molecule has 2 fully saturated rings. The molecule has 358 valence electrons. The summed E-state index contributed by atoms with van der Waals surface area (Å²) >= 11 is 2.24. The Morgan fingerprint density at radius 2 is 0.908 bits per heavy atom. The molecule has 0 radical (unpaired) electrons. The lowest BCUT2D eigenvalue weighted by molar-refractivity contribution is 0.230. The molecule has 0 heterocycles. The molecule has 11 heteroatoms. The normalized spacial score (nSPS) is 18.8. The number of benzene rings is 4. The van der Waals surface area contributed by atoms with Crippen molar-refractivity contribution < 1.29 is 40.6 Å². The minimum Gasteiger partial charge on any atom is -0.454 e. The monoisotopic (exact) mass is 1030 g/mol. The van der Waals surface area contributed by atoms with Crippen LogP contribution >= 0.6 is 30.2 Å². The highest BCUT2D eigenvalue weighted by Crippen LogP contribution is 2.49. The molecule has 4 aromatic rings. The highest BCUT2D eigenvalue weighted by atomic mass is 127. The first kappa shape index (κ1) is 53.0. The van der Waals surface area contributed by atoms with Crippen LogP contribution in [0.2, 0.25) is 0 Å². The fraction of sp³-hybridized carbons (Fsp3) is 0.556. The summed E-state index contributed by atoms with van der Waals surface area (Å²) in [6.07, 6.45) is 18.2. The van der Waals surface area contributed by atoms with E-state index in [9.17, 15) is 13.3 Å². The van der Waals surface area contributed by atoms with Crippen molar-refractivity contribution in [2.45, 2.75) is 170 Å². The Kier molecular flexibility index (Phi) is 20.8. The Balaban J connectivity index is 0.000000250. The van der Waals surface area contributed by atoms with E-state index in [0.29, 0.717) is 45.0 Å². The summed E-state index contributed by atoms with van der Waals surface area (Å²) in [5.74, 6) is -0.955. The van der Waals surface area contributed by atoms with Crippen molar-refractivity contribution in [1.82, 2.24) is 0 Å². The Labute approximate surface area is 400 Å². The molecule has 0 unspecified atom stereocenters. The van der Waals surface area contributed by atoms with Crippen molar-refractivity contribution in [3.63, 3.8) is 0 Å². The second-order valence-electron chi connectivity index (χ2n) is 18.3. The lowest BCUT2D eigenvalue weighted by Gasteiger charge is -2.29. The summed E-state index contributed by atoms with van der Waals surface area (Å²) in [4.78, 5) is 0. The molecule has 0 aromatic heterocycles. The maximum atomic E-state index is 15.2. The molecule has 6 rings (SSSR count). The summed E-state index contributed by atoms with van der Waals surface area (Å²) in [7, 11) is -3.47. The summed E-state index contributed by atoms with van der Waals surface area (Å²) in [5, 5.41) is 0.417. The van der Waals surface area contributed by atoms with Crippen LogP contribution < -0.4 is 14.8 Å². The van der Waals surface area contributed by atoms with Gasteiger partial charge in [-0.05, 0) is 209 Å². The van der Waals surface area contributed by atoms with E-state index in [4.69, 9.17) is 18.5 Å². The second-order valence-corrected chi connectivity index (χ2v) is 21.6. The van der Waals surface area contributed by atoms with Crippen LogP contribution in [-0.4, -0.2) is 13.2 Å².